The van der Waals surface area contributed by atoms with Crippen molar-refractivity contribution in [2.45, 2.75) is 6.04 Å². The molecule has 1 unspecified atom stereocenters. The molecule has 0 saturated carbocycles. The van der Waals surface area contributed by atoms with Crippen molar-refractivity contribution in [2.75, 3.05) is 53.4 Å². The lowest BCUT2D eigenvalue weighted by atomic mass is 10.1. The van der Waals surface area contributed by atoms with Crippen molar-refractivity contribution in [1.82, 2.24) is 24.5 Å². The van der Waals surface area contributed by atoms with Crippen LogP contribution in [0.3, 0.4) is 0 Å². The van der Waals surface area contributed by atoms with E-state index in [0.29, 0.717) is 0 Å². The van der Waals surface area contributed by atoms with E-state index >= 15 is 0 Å². The summed E-state index contributed by atoms with van der Waals surface area (Å²) in [6.07, 6.45) is 3.46. The number of carbonyl (C=O) groups excluding carboxylic acids is 1. The summed E-state index contributed by atoms with van der Waals surface area (Å²) in [4.78, 5) is 18.8. The van der Waals surface area contributed by atoms with E-state index in [2.05, 4.69) is 29.0 Å². The fraction of sp³-hybridized carbons (Fsp3) is 0.714. The highest BCUT2D eigenvalue weighted by molar-refractivity contribution is 5.83. The number of piperazine rings is 1. The maximum Gasteiger partial charge on any atom is 0.244 e. The molecule has 0 aliphatic carbocycles. The van der Waals surface area contributed by atoms with Gasteiger partial charge in [0.1, 0.15) is 6.04 Å². The lowest BCUT2D eigenvalue weighted by Gasteiger charge is -2.36. The zero-order valence-corrected chi connectivity index (χ0v) is 13.2. The average Bonchev–Trinajstić information content (AvgIpc) is 2.90. The largest absolute Gasteiger partial charge is 0.338 e. The third-order valence-electron chi connectivity index (χ3n) is 3.90. The van der Waals surface area contributed by atoms with Gasteiger partial charge >= 0.3 is 0 Å². The molecule has 1 aromatic rings. The van der Waals surface area contributed by atoms with E-state index in [-0.39, 0.29) is 5.91 Å². The van der Waals surface area contributed by atoms with Gasteiger partial charge in [0.2, 0.25) is 5.91 Å². The van der Waals surface area contributed by atoms with Crippen LogP contribution in [0.5, 0.6) is 0 Å². The zero-order chi connectivity index (χ0) is 15.4. The molecule has 21 heavy (non-hydrogen) atoms. The second-order valence-corrected chi connectivity index (χ2v) is 5.90. The Labute approximate surface area is 126 Å². The van der Waals surface area contributed by atoms with Gasteiger partial charge < -0.3 is 15.5 Å². The molecule has 118 valence electrons. The normalized spacial score (nSPS) is 18.2. The van der Waals surface area contributed by atoms with Crippen molar-refractivity contribution in [2.24, 2.45) is 12.8 Å². The van der Waals surface area contributed by atoms with E-state index in [0.717, 1.165) is 44.8 Å². The first kappa shape index (κ1) is 15.9. The molecule has 2 N–H and O–H groups in total. The molecule has 2 heterocycles. The van der Waals surface area contributed by atoms with Gasteiger partial charge in [-0.2, -0.15) is 5.10 Å². The smallest absolute Gasteiger partial charge is 0.244 e. The van der Waals surface area contributed by atoms with Crippen molar-refractivity contribution < 1.29 is 4.79 Å². The summed E-state index contributed by atoms with van der Waals surface area (Å²) in [5, 5.41) is 4.07. The minimum atomic E-state index is -0.605. The average molecular weight is 294 g/mol. The van der Waals surface area contributed by atoms with Crippen LogP contribution < -0.4 is 5.73 Å². The van der Waals surface area contributed by atoms with Gasteiger partial charge in [0.25, 0.3) is 0 Å². The van der Waals surface area contributed by atoms with Crippen LogP contribution in [-0.4, -0.2) is 83.8 Å². The highest BCUT2D eigenvalue weighted by Crippen LogP contribution is 2.13. The van der Waals surface area contributed by atoms with Gasteiger partial charge in [0, 0.05) is 58.1 Å². The SMILES string of the molecule is CN(C)CCN1CCN(C(=O)C(N)c2cnn(C)c2)CC1. The molecule has 7 nitrogen and oxygen atoms in total. The Morgan fingerprint density at radius 2 is 2.05 bits per heavy atom. The van der Waals surface area contributed by atoms with Crippen molar-refractivity contribution in [3.63, 3.8) is 0 Å². The van der Waals surface area contributed by atoms with E-state index < -0.39 is 6.04 Å². The number of rotatable bonds is 5. The van der Waals surface area contributed by atoms with Gasteiger partial charge in [0.05, 0.1) is 6.20 Å². The topological polar surface area (TPSA) is 70.6 Å². The summed E-state index contributed by atoms with van der Waals surface area (Å²) in [5.74, 6) is -0.00439. The summed E-state index contributed by atoms with van der Waals surface area (Å²) in [7, 11) is 5.98. The molecule has 1 atom stereocenters. The Bertz CT molecular complexity index is 464. The molecule has 1 aromatic heterocycles. The highest BCUT2D eigenvalue weighted by atomic mass is 16.2. The zero-order valence-electron chi connectivity index (χ0n) is 13.2. The predicted molar refractivity (Wildman–Crippen MR) is 81.7 cm³/mol. The maximum atomic E-state index is 12.4. The molecule has 2 rings (SSSR count). The van der Waals surface area contributed by atoms with Gasteiger partial charge in [-0.15, -0.1) is 0 Å². The maximum absolute atomic E-state index is 12.4. The molecule has 1 aliphatic rings. The van der Waals surface area contributed by atoms with Crippen LogP contribution >= 0.6 is 0 Å². The number of hydrogen-bond donors (Lipinski definition) is 1. The fourth-order valence-corrected chi connectivity index (χ4v) is 2.47. The van der Waals surface area contributed by atoms with Gasteiger partial charge in [0.15, 0.2) is 0 Å². The van der Waals surface area contributed by atoms with E-state index in [9.17, 15) is 4.79 Å². The Morgan fingerprint density at radius 3 is 2.57 bits per heavy atom. The minimum absolute atomic E-state index is 0.00439. The number of aryl methyl sites for hydroxylation is 1. The first-order valence-electron chi connectivity index (χ1n) is 7.37. The molecule has 0 radical (unpaired) electrons. The molecule has 0 aromatic carbocycles. The standard InChI is InChI=1S/C14H26N6O/c1-17(2)4-5-19-6-8-20(9-7-19)14(21)13(15)12-10-16-18(3)11-12/h10-11,13H,4-9,15H2,1-3H3. The second-order valence-electron chi connectivity index (χ2n) is 5.90. The van der Waals surface area contributed by atoms with E-state index in [1.165, 1.54) is 0 Å². The molecular formula is C14H26N6O. The van der Waals surface area contributed by atoms with E-state index in [1.54, 1.807) is 17.1 Å². The Morgan fingerprint density at radius 1 is 1.38 bits per heavy atom. The van der Waals surface area contributed by atoms with Crippen LogP contribution in [0.2, 0.25) is 0 Å². The van der Waals surface area contributed by atoms with Crippen LogP contribution in [0.15, 0.2) is 12.4 Å². The Kier molecular flexibility index (Phi) is 5.33. The number of likely N-dealkylation sites (N-methyl/N-ethyl adjacent to an activating group) is 1. The predicted octanol–water partition coefficient (Wildman–Crippen LogP) is -0.874. The van der Waals surface area contributed by atoms with Crippen LogP contribution in [0.4, 0.5) is 0 Å². The van der Waals surface area contributed by atoms with E-state index in [1.807, 2.05) is 11.9 Å². The van der Waals surface area contributed by atoms with Crippen LogP contribution in [-0.2, 0) is 11.8 Å². The first-order chi connectivity index (χ1) is 9.97. The second kappa shape index (κ2) is 7.02. The quantitative estimate of drug-likeness (QED) is 0.764. The number of aromatic nitrogens is 2. The van der Waals surface area contributed by atoms with E-state index in [4.69, 9.17) is 5.73 Å². The van der Waals surface area contributed by atoms with Gasteiger partial charge in [-0.1, -0.05) is 0 Å². The number of nitrogens with two attached hydrogens (primary N) is 1. The third kappa shape index (κ3) is 4.26. The minimum Gasteiger partial charge on any atom is -0.338 e. The van der Waals surface area contributed by atoms with Gasteiger partial charge in [-0.05, 0) is 14.1 Å². The Hall–Kier alpha value is -1.44. The number of nitrogens with zero attached hydrogens (tertiary/aromatic N) is 5. The summed E-state index contributed by atoms with van der Waals surface area (Å²) in [6, 6.07) is -0.605. The van der Waals surface area contributed by atoms with Gasteiger partial charge in [-0.3, -0.25) is 14.4 Å². The third-order valence-corrected chi connectivity index (χ3v) is 3.90. The molecule has 1 amide bonds. The lowest BCUT2D eigenvalue weighted by Crippen LogP contribution is -2.51. The van der Waals surface area contributed by atoms with Crippen molar-refractivity contribution in [3.05, 3.63) is 18.0 Å². The van der Waals surface area contributed by atoms with Gasteiger partial charge in [-0.25, -0.2) is 0 Å². The monoisotopic (exact) mass is 294 g/mol. The molecule has 1 saturated heterocycles. The number of amides is 1. The lowest BCUT2D eigenvalue weighted by molar-refractivity contribution is -0.134. The molecule has 1 aliphatic heterocycles. The highest BCUT2D eigenvalue weighted by Gasteiger charge is 2.26. The molecule has 1 fully saturated rings. The molecule has 7 heteroatoms. The summed E-state index contributed by atoms with van der Waals surface area (Å²) in [5.41, 5.74) is 6.83. The van der Waals surface area contributed by atoms with Crippen LogP contribution in [0, 0.1) is 0 Å². The number of hydrogen-bond acceptors (Lipinski definition) is 5. The summed E-state index contributed by atoms with van der Waals surface area (Å²) < 4.78 is 1.67. The fourth-order valence-electron chi connectivity index (χ4n) is 2.47. The summed E-state index contributed by atoms with van der Waals surface area (Å²) >= 11 is 0. The number of carbonyl (C=O) groups is 1. The van der Waals surface area contributed by atoms with Crippen molar-refractivity contribution in [3.8, 4) is 0 Å². The van der Waals surface area contributed by atoms with Crippen LogP contribution in [0.25, 0.3) is 0 Å². The van der Waals surface area contributed by atoms with Crippen molar-refractivity contribution >= 4 is 5.91 Å². The van der Waals surface area contributed by atoms with Crippen LogP contribution in [0.1, 0.15) is 11.6 Å². The molecule has 0 spiro atoms. The first-order valence-corrected chi connectivity index (χ1v) is 7.37. The van der Waals surface area contributed by atoms with Crippen molar-refractivity contribution in [1.29, 1.82) is 0 Å². The molecule has 0 bridgehead atoms. The molecular weight excluding hydrogens is 268 g/mol. The summed E-state index contributed by atoms with van der Waals surface area (Å²) in [6.45, 7) is 5.42. The Balaban J connectivity index is 1.82.